The second-order valence-corrected chi connectivity index (χ2v) is 5.84. The first-order valence-corrected chi connectivity index (χ1v) is 8.90. The van der Waals surface area contributed by atoms with Crippen molar-refractivity contribution in [2.45, 2.75) is 33.2 Å². The van der Waals surface area contributed by atoms with Crippen molar-refractivity contribution < 1.29 is 38.2 Å². The number of ether oxygens (including phenoxy) is 3. The molecule has 29 heavy (non-hydrogen) atoms. The molecule has 0 saturated carbocycles. The first-order valence-electron chi connectivity index (χ1n) is 8.90. The lowest BCUT2D eigenvalue weighted by atomic mass is 9.95. The van der Waals surface area contributed by atoms with Gasteiger partial charge in [-0.15, -0.1) is 0 Å². The number of hydrogen-bond acceptors (Lipinski definition) is 8. The molecule has 1 aromatic carbocycles. The van der Waals surface area contributed by atoms with Gasteiger partial charge in [-0.3, -0.25) is 24.0 Å². The molecule has 2 atom stereocenters. The topological polar surface area (TPSA) is 151 Å². The Kier molecular flexibility index (Phi) is 9.30. The van der Waals surface area contributed by atoms with E-state index in [-0.39, 0.29) is 24.5 Å². The number of primary amides is 1. The largest absolute Gasteiger partial charge is 0.466 e. The van der Waals surface area contributed by atoms with E-state index in [1.54, 1.807) is 13.8 Å². The number of nitrogens with two attached hydrogens (primary N) is 1. The molecule has 0 aliphatic heterocycles. The summed E-state index contributed by atoms with van der Waals surface area (Å²) >= 11 is 0. The van der Waals surface area contributed by atoms with Crippen LogP contribution in [0.25, 0.3) is 0 Å². The van der Waals surface area contributed by atoms with Crippen molar-refractivity contribution >= 4 is 29.7 Å². The maximum Gasteiger partial charge on any atom is 0.312 e. The van der Waals surface area contributed by atoms with Crippen molar-refractivity contribution in [3.8, 4) is 5.75 Å². The van der Waals surface area contributed by atoms with E-state index in [1.807, 2.05) is 0 Å². The molecule has 10 heteroatoms. The zero-order valence-corrected chi connectivity index (χ0v) is 16.4. The van der Waals surface area contributed by atoms with Gasteiger partial charge in [0.2, 0.25) is 5.91 Å². The van der Waals surface area contributed by atoms with Crippen LogP contribution in [0, 0.1) is 5.92 Å². The standard InChI is InChI=1S/C19H24N2O8/c1-4-27-15(23)10-14(19(26)28-5-2)16(17(20)24)21-18(25)12-6-8-13(9-7-12)29-11(3)22/h6-9,14,16H,4-5,10H2,1-3H3,(H2,20,24)(H,21,25)/t14-,16+/m1/s1. The van der Waals surface area contributed by atoms with Crippen molar-refractivity contribution in [2.24, 2.45) is 11.7 Å². The van der Waals surface area contributed by atoms with Crippen LogP contribution >= 0.6 is 0 Å². The molecular formula is C19H24N2O8. The van der Waals surface area contributed by atoms with Gasteiger partial charge < -0.3 is 25.3 Å². The SMILES string of the molecule is CCOC(=O)C[C@@H](C(=O)OCC)[C@H](NC(=O)c1ccc(OC(C)=O)cc1)C(N)=O. The van der Waals surface area contributed by atoms with Crippen molar-refractivity contribution in [3.05, 3.63) is 29.8 Å². The van der Waals surface area contributed by atoms with Crippen molar-refractivity contribution in [2.75, 3.05) is 13.2 Å². The summed E-state index contributed by atoms with van der Waals surface area (Å²) in [6.07, 6.45) is -0.494. The molecule has 0 saturated heterocycles. The third-order valence-corrected chi connectivity index (χ3v) is 3.65. The molecule has 0 bridgehead atoms. The molecule has 3 N–H and O–H groups in total. The number of carbonyl (C=O) groups is 5. The van der Waals surface area contributed by atoms with Gasteiger partial charge >= 0.3 is 17.9 Å². The molecule has 2 amide bonds. The van der Waals surface area contributed by atoms with E-state index in [0.717, 1.165) is 0 Å². The number of hydrogen-bond donors (Lipinski definition) is 2. The normalized spacial score (nSPS) is 12.2. The average molecular weight is 408 g/mol. The fourth-order valence-electron chi connectivity index (χ4n) is 2.42. The fraction of sp³-hybridized carbons (Fsp3) is 0.421. The van der Waals surface area contributed by atoms with Gasteiger partial charge in [0, 0.05) is 12.5 Å². The summed E-state index contributed by atoms with van der Waals surface area (Å²) in [7, 11) is 0. The Morgan fingerprint density at radius 2 is 1.59 bits per heavy atom. The molecule has 0 unspecified atom stereocenters. The summed E-state index contributed by atoms with van der Waals surface area (Å²) in [4.78, 5) is 59.5. The Bertz CT molecular complexity index is 760. The van der Waals surface area contributed by atoms with E-state index in [1.165, 1.54) is 31.2 Å². The Morgan fingerprint density at radius 1 is 1.00 bits per heavy atom. The summed E-state index contributed by atoms with van der Waals surface area (Å²) in [6, 6.07) is 3.99. The first-order chi connectivity index (χ1) is 13.7. The number of carbonyl (C=O) groups excluding carboxylic acids is 5. The zero-order valence-electron chi connectivity index (χ0n) is 16.4. The van der Waals surface area contributed by atoms with Crippen LogP contribution in [0.5, 0.6) is 5.75 Å². The minimum atomic E-state index is -1.50. The van der Waals surface area contributed by atoms with E-state index >= 15 is 0 Å². The Labute approximate surface area is 167 Å². The first kappa shape index (κ1) is 23.6. The predicted octanol–water partition coefficient (Wildman–Crippen LogP) is 0.328. The van der Waals surface area contributed by atoms with E-state index in [4.69, 9.17) is 19.9 Å². The molecule has 0 fully saturated rings. The van der Waals surface area contributed by atoms with Gasteiger partial charge in [0.05, 0.1) is 25.6 Å². The Morgan fingerprint density at radius 3 is 2.07 bits per heavy atom. The number of esters is 3. The van der Waals surface area contributed by atoms with Crippen LogP contribution in [0.1, 0.15) is 37.6 Å². The Balaban J connectivity index is 3.03. The van der Waals surface area contributed by atoms with Crippen LogP contribution in [-0.2, 0) is 28.7 Å². The van der Waals surface area contributed by atoms with Gasteiger partial charge in [-0.05, 0) is 38.1 Å². The smallest absolute Gasteiger partial charge is 0.312 e. The highest BCUT2D eigenvalue weighted by Crippen LogP contribution is 2.16. The quantitative estimate of drug-likeness (QED) is 0.415. The fourth-order valence-corrected chi connectivity index (χ4v) is 2.42. The number of amides is 2. The molecule has 0 aromatic heterocycles. The third-order valence-electron chi connectivity index (χ3n) is 3.65. The molecule has 1 rings (SSSR count). The summed E-state index contributed by atoms with van der Waals surface area (Å²) < 4.78 is 14.6. The lowest BCUT2D eigenvalue weighted by molar-refractivity contribution is -0.156. The molecule has 0 aliphatic carbocycles. The van der Waals surface area contributed by atoms with Crippen LogP contribution in [-0.4, -0.2) is 49.0 Å². The number of benzene rings is 1. The lowest BCUT2D eigenvalue weighted by Gasteiger charge is -2.23. The van der Waals surface area contributed by atoms with Crippen LogP contribution < -0.4 is 15.8 Å². The molecule has 158 valence electrons. The molecule has 0 heterocycles. The van der Waals surface area contributed by atoms with Gasteiger partial charge in [0.1, 0.15) is 11.8 Å². The van der Waals surface area contributed by atoms with Crippen molar-refractivity contribution in [1.82, 2.24) is 5.32 Å². The van der Waals surface area contributed by atoms with Crippen LogP contribution in [0.15, 0.2) is 24.3 Å². The van der Waals surface area contributed by atoms with Gasteiger partial charge in [-0.25, -0.2) is 0 Å². The Hall–Kier alpha value is -3.43. The second kappa shape index (κ2) is 11.4. The van der Waals surface area contributed by atoms with Crippen LogP contribution in [0.2, 0.25) is 0 Å². The maximum absolute atomic E-state index is 12.5. The lowest BCUT2D eigenvalue weighted by Crippen LogP contribution is -2.52. The highest BCUT2D eigenvalue weighted by Gasteiger charge is 2.37. The predicted molar refractivity (Wildman–Crippen MR) is 99.6 cm³/mol. The van der Waals surface area contributed by atoms with Crippen molar-refractivity contribution in [1.29, 1.82) is 0 Å². The monoisotopic (exact) mass is 408 g/mol. The van der Waals surface area contributed by atoms with Gasteiger partial charge in [0.25, 0.3) is 5.91 Å². The molecule has 0 aliphatic rings. The number of rotatable bonds is 10. The highest BCUT2D eigenvalue weighted by atomic mass is 16.5. The molecular weight excluding hydrogens is 384 g/mol. The molecule has 10 nitrogen and oxygen atoms in total. The number of nitrogens with one attached hydrogen (secondary N) is 1. The van der Waals surface area contributed by atoms with Crippen LogP contribution in [0.3, 0.4) is 0 Å². The molecule has 0 radical (unpaired) electrons. The summed E-state index contributed by atoms with van der Waals surface area (Å²) in [5, 5.41) is 2.35. The van der Waals surface area contributed by atoms with Gasteiger partial charge in [-0.2, -0.15) is 0 Å². The van der Waals surface area contributed by atoms with Gasteiger partial charge in [-0.1, -0.05) is 0 Å². The van der Waals surface area contributed by atoms with Crippen LogP contribution in [0.4, 0.5) is 0 Å². The summed E-state index contributed by atoms with van der Waals surface area (Å²) in [5.74, 6) is -4.99. The molecule has 1 aromatic rings. The zero-order chi connectivity index (χ0) is 22.0. The minimum absolute atomic E-state index is 0.00912. The van der Waals surface area contributed by atoms with E-state index in [0.29, 0.717) is 0 Å². The van der Waals surface area contributed by atoms with E-state index in [9.17, 15) is 24.0 Å². The van der Waals surface area contributed by atoms with E-state index < -0.39 is 48.1 Å². The summed E-state index contributed by atoms with van der Waals surface area (Å²) in [5.41, 5.74) is 5.47. The van der Waals surface area contributed by atoms with E-state index in [2.05, 4.69) is 5.32 Å². The van der Waals surface area contributed by atoms with Gasteiger partial charge in [0.15, 0.2) is 0 Å². The maximum atomic E-state index is 12.5. The highest BCUT2D eigenvalue weighted by molar-refractivity contribution is 5.99. The molecule has 0 spiro atoms. The van der Waals surface area contributed by atoms with Crippen molar-refractivity contribution in [3.63, 3.8) is 0 Å². The minimum Gasteiger partial charge on any atom is -0.466 e. The second-order valence-electron chi connectivity index (χ2n) is 5.84. The average Bonchev–Trinajstić information content (AvgIpc) is 2.64. The summed E-state index contributed by atoms with van der Waals surface area (Å²) in [6.45, 7) is 4.47. The third kappa shape index (κ3) is 7.60.